The van der Waals surface area contributed by atoms with Crippen LogP contribution in [-0.4, -0.2) is 10.9 Å². The lowest BCUT2D eigenvalue weighted by Gasteiger charge is -2.15. The van der Waals surface area contributed by atoms with Gasteiger partial charge in [0.15, 0.2) is 0 Å². The number of alkyl halides is 6. The first-order valence-electron chi connectivity index (χ1n) is 6.31. The molecule has 0 atom stereocenters. The van der Waals surface area contributed by atoms with Gasteiger partial charge < -0.3 is 5.32 Å². The molecule has 1 aromatic carbocycles. The van der Waals surface area contributed by atoms with E-state index in [0.717, 1.165) is 0 Å². The van der Waals surface area contributed by atoms with E-state index in [1.54, 1.807) is 0 Å². The molecule has 0 aliphatic carbocycles. The number of carbonyl (C=O) groups excluding carboxylic acids is 1. The van der Waals surface area contributed by atoms with Crippen LogP contribution in [0.3, 0.4) is 0 Å². The molecule has 0 bridgehead atoms. The van der Waals surface area contributed by atoms with E-state index in [1.807, 2.05) is 5.32 Å². The highest BCUT2D eigenvalue weighted by Gasteiger charge is 2.37. The summed E-state index contributed by atoms with van der Waals surface area (Å²) in [6.45, 7) is 0. The number of hydrogen-bond acceptors (Lipinski definition) is 2. The fraction of sp³-hybridized carbons (Fsp3) is 0.143. The van der Waals surface area contributed by atoms with Crippen LogP contribution in [0.4, 0.5) is 32.0 Å². The van der Waals surface area contributed by atoms with Crippen molar-refractivity contribution in [3.8, 4) is 0 Å². The number of benzene rings is 1. The van der Waals surface area contributed by atoms with Gasteiger partial charge in [0, 0.05) is 5.69 Å². The molecule has 0 spiro atoms. The van der Waals surface area contributed by atoms with E-state index in [2.05, 4.69) is 4.98 Å². The predicted molar refractivity (Wildman–Crippen MR) is 78.7 cm³/mol. The number of pyridine rings is 1. The van der Waals surface area contributed by atoms with E-state index in [9.17, 15) is 31.1 Å². The van der Waals surface area contributed by atoms with Crippen molar-refractivity contribution >= 4 is 34.8 Å². The highest BCUT2D eigenvalue weighted by atomic mass is 35.5. The second kappa shape index (κ2) is 6.72. The molecule has 1 aromatic heterocycles. The minimum atomic E-state index is -5.04. The number of aromatic nitrogens is 1. The maximum Gasteiger partial charge on any atom is 0.416 e. The van der Waals surface area contributed by atoms with Gasteiger partial charge in [-0.2, -0.15) is 26.3 Å². The summed E-state index contributed by atoms with van der Waals surface area (Å²) in [5.41, 5.74) is -4.30. The SMILES string of the molecule is O=C(Nc1cc(C(F)(F)F)cc(C(F)(F)F)c1)c1nc(Cl)ccc1Cl. The summed E-state index contributed by atoms with van der Waals surface area (Å²) in [5.74, 6) is -1.11. The number of nitrogens with one attached hydrogen (secondary N) is 1. The average Bonchev–Trinajstić information content (AvgIpc) is 2.47. The van der Waals surface area contributed by atoms with Gasteiger partial charge in [-0.1, -0.05) is 23.2 Å². The van der Waals surface area contributed by atoms with Crippen molar-refractivity contribution in [1.82, 2.24) is 4.98 Å². The van der Waals surface area contributed by atoms with Crippen molar-refractivity contribution in [2.75, 3.05) is 5.32 Å². The minimum absolute atomic E-state index is 0.0553. The van der Waals surface area contributed by atoms with E-state index in [-0.39, 0.29) is 16.2 Å². The summed E-state index contributed by atoms with van der Waals surface area (Å²) in [5, 5.41) is 1.60. The Morgan fingerprint density at radius 2 is 1.44 bits per heavy atom. The smallest absolute Gasteiger partial charge is 0.321 e. The molecule has 0 fully saturated rings. The molecule has 2 aromatic rings. The lowest BCUT2D eigenvalue weighted by Crippen LogP contribution is -2.17. The van der Waals surface area contributed by atoms with Gasteiger partial charge in [-0.15, -0.1) is 0 Å². The van der Waals surface area contributed by atoms with Gasteiger partial charge >= 0.3 is 12.4 Å². The van der Waals surface area contributed by atoms with Crippen LogP contribution < -0.4 is 5.32 Å². The maximum absolute atomic E-state index is 12.8. The van der Waals surface area contributed by atoms with Gasteiger partial charge in [-0.25, -0.2) is 4.98 Å². The summed E-state index contributed by atoms with van der Waals surface area (Å²) in [6.07, 6.45) is -10.1. The van der Waals surface area contributed by atoms with E-state index in [0.29, 0.717) is 12.1 Å². The molecule has 0 saturated carbocycles. The van der Waals surface area contributed by atoms with Gasteiger partial charge in [0.1, 0.15) is 10.8 Å². The number of nitrogens with zero attached hydrogens (tertiary/aromatic N) is 1. The standard InChI is InChI=1S/C14H6Cl2F6N2O/c15-9-1-2-10(16)24-11(9)12(25)23-8-4-6(13(17,18)19)3-7(5-8)14(20,21)22/h1-5H,(H,23,25). The molecule has 1 heterocycles. The normalized spacial score (nSPS) is 12.2. The average molecular weight is 403 g/mol. The van der Waals surface area contributed by atoms with Crippen LogP contribution >= 0.6 is 23.2 Å². The van der Waals surface area contributed by atoms with Gasteiger partial charge in [0.25, 0.3) is 5.91 Å². The van der Waals surface area contributed by atoms with E-state index < -0.39 is 40.8 Å². The Kier molecular flexibility index (Phi) is 5.19. The summed E-state index contributed by atoms with van der Waals surface area (Å²) in [6, 6.07) is 3.14. The third-order valence-corrected chi connectivity index (χ3v) is 3.39. The molecule has 1 N–H and O–H groups in total. The Labute approximate surface area is 146 Å². The number of carbonyl (C=O) groups is 1. The topological polar surface area (TPSA) is 42.0 Å². The largest absolute Gasteiger partial charge is 0.416 e. The molecule has 1 amide bonds. The Morgan fingerprint density at radius 1 is 0.920 bits per heavy atom. The Balaban J connectivity index is 2.45. The molecule has 0 radical (unpaired) electrons. The maximum atomic E-state index is 12.8. The minimum Gasteiger partial charge on any atom is -0.321 e. The predicted octanol–water partition coefficient (Wildman–Crippen LogP) is 5.68. The first-order valence-corrected chi connectivity index (χ1v) is 7.06. The Hall–Kier alpha value is -2.00. The number of amides is 1. The first kappa shape index (κ1) is 19.3. The summed E-state index contributed by atoms with van der Waals surface area (Å²) in [7, 11) is 0. The lowest BCUT2D eigenvalue weighted by molar-refractivity contribution is -0.143. The van der Waals surface area contributed by atoms with Crippen LogP contribution in [0.1, 0.15) is 21.6 Å². The molecule has 0 unspecified atom stereocenters. The van der Waals surface area contributed by atoms with Gasteiger partial charge in [-0.3, -0.25) is 4.79 Å². The fourth-order valence-corrected chi connectivity index (χ4v) is 2.13. The van der Waals surface area contributed by atoms with Crippen molar-refractivity contribution in [2.24, 2.45) is 0 Å². The van der Waals surface area contributed by atoms with Crippen molar-refractivity contribution < 1.29 is 31.1 Å². The van der Waals surface area contributed by atoms with Crippen LogP contribution in [0, 0.1) is 0 Å². The molecule has 0 saturated heterocycles. The third-order valence-electron chi connectivity index (χ3n) is 2.87. The zero-order valence-corrected chi connectivity index (χ0v) is 13.3. The highest BCUT2D eigenvalue weighted by molar-refractivity contribution is 6.35. The van der Waals surface area contributed by atoms with E-state index in [4.69, 9.17) is 23.2 Å². The number of hydrogen-bond donors (Lipinski definition) is 1. The summed E-state index contributed by atoms with van der Waals surface area (Å²) < 4.78 is 76.7. The molecule has 2 rings (SSSR count). The fourth-order valence-electron chi connectivity index (χ4n) is 1.79. The van der Waals surface area contributed by atoms with Crippen LogP contribution in [0.2, 0.25) is 10.2 Å². The number of rotatable bonds is 2. The molecular weight excluding hydrogens is 397 g/mol. The van der Waals surface area contributed by atoms with Crippen LogP contribution in [0.5, 0.6) is 0 Å². The summed E-state index contributed by atoms with van der Waals surface area (Å²) >= 11 is 11.3. The lowest BCUT2D eigenvalue weighted by atomic mass is 10.1. The number of halogens is 8. The highest BCUT2D eigenvalue weighted by Crippen LogP contribution is 2.37. The molecule has 0 aliphatic rings. The van der Waals surface area contributed by atoms with Gasteiger partial charge in [0.2, 0.25) is 0 Å². The van der Waals surface area contributed by atoms with Gasteiger partial charge in [-0.05, 0) is 30.3 Å². The van der Waals surface area contributed by atoms with Crippen LogP contribution in [-0.2, 0) is 12.4 Å². The molecule has 0 aliphatic heterocycles. The first-order chi connectivity index (χ1) is 11.4. The van der Waals surface area contributed by atoms with Crippen LogP contribution in [0.25, 0.3) is 0 Å². The van der Waals surface area contributed by atoms with Crippen LogP contribution in [0.15, 0.2) is 30.3 Å². The summed E-state index contributed by atoms with van der Waals surface area (Å²) in [4.78, 5) is 15.6. The second-order valence-electron chi connectivity index (χ2n) is 4.71. The zero-order chi connectivity index (χ0) is 19.0. The number of anilines is 1. The molecule has 134 valence electrons. The van der Waals surface area contributed by atoms with Crippen molar-refractivity contribution in [3.63, 3.8) is 0 Å². The van der Waals surface area contributed by atoms with Crippen molar-refractivity contribution in [3.05, 3.63) is 57.3 Å². The molecular formula is C14H6Cl2F6N2O. The quantitative estimate of drug-likeness (QED) is 0.518. The Morgan fingerprint density at radius 3 is 1.92 bits per heavy atom. The molecule has 3 nitrogen and oxygen atoms in total. The third kappa shape index (κ3) is 4.76. The monoisotopic (exact) mass is 402 g/mol. The molecule has 25 heavy (non-hydrogen) atoms. The second-order valence-corrected chi connectivity index (χ2v) is 5.51. The van der Waals surface area contributed by atoms with Crippen molar-refractivity contribution in [2.45, 2.75) is 12.4 Å². The molecule has 11 heteroatoms. The zero-order valence-electron chi connectivity index (χ0n) is 11.8. The van der Waals surface area contributed by atoms with Gasteiger partial charge in [0.05, 0.1) is 16.1 Å². The van der Waals surface area contributed by atoms with E-state index >= 15 is 0 Å². The Bertz CT molecular complexity index is 788. The van der Waals surface area contributed by atoms with Crippen molar-refractivity contribution in [1.29, 1.82) is 0 Å². The van der Waals surface area contributed by atoms with E-state index in [1.165, 1.54) is 12.1 Å².